The van der Waals surface area contributed by atoms with E-state index in [0.29, 0.717) is 0 Å². The Morgan fingerprint density at radius 1 is 1.16 bits per heavy atom. The Labute approximate surface area is 107 Å². The largest absolute Gasteiger partial charge is 0.416 e. The van der Waals surface area contributed by atoms with Crippen molar-refractivity contribution in [2.24, 2.45) is 0 Å². The number of carbonyl (C=O) groups is 2. The van der Waals surface area contributed by atoms with Crippen LogP contribution in [0.25, 0.3) is 0 Å². The summed E-state index contributed by atoms with van der Waals surface area (Å²) in [6, 6.07) is 4.60. The molecule has 102 valence electrons. The van der Waals surface area contributed by atoms with E-state index in [1.807, 2.05) is 0 Å². The van der Waals surface area contributed by atoms with Crippen molar-refractivity contribution in [3.63, 3.8) is 0 Å². The highest BCUT2D eigenvalue weighted by Gasteiger charge is 2.31. The van der Waals surface area contributed by atoms with E-state index in [-0.39, 0.29) is 37.0 Å². The zero-order chi connectivity index (χ0) is 14.0. The maximum absolute atomic E-state index is 12.5. The van der Waals surface area contributed by atoms with Crippen LogP contribution in [-0.2, 0) is 15.8 Å². The molecule has 2 rings (SSSR count). The first kappa shape index (κ1) is 13.4. The molecule has 0 saturated carbocycles. The van der Waals surface area contributed by atoms with E-state index in [1.165, 1.54) is 12.1 Å². The Balaban J connectivity index is 2.04. The number of nitrogens with zero attached hydrogens (tertiary/aromatic N) is 1. The first-order valence-corrected chi connectivity index (χ1v) is 5.62. The lowest BCUT2D eigenvalue weighted by atomic mass is 10.2. The first-order valence-electron chi connectivity index (χ1n) is 5.62. The molecule has 0 aliphatic carbocycles. The number of hydrogen-bond donors (Lipinski definition) is 1. The summed E-state index contributed by atoms with van der Waals surface area (Å²) in [5, 5.41) is 2.64. The van der Waals surface area contributed by atoms with E-state index in [2.05, 4.69) is 5.32 Å². The molecule has 1 aliphatic heterocycles. The zero-order valence-electron chi connectivity index (χ0n) is 9.83. The van der Waals surface area contributed by atoms with Crippen LogP contribution in [0.1, 0.15) is 18.4 Å². The highest BCUT2D eigenvalue weighted by Crippen LogP contribution is 2.30. The normalized spacial score (nSPS) is 16.1. The van der Waals surface area contributed by atoms with E-state index in [4.69, 9.17) is 0 Å². The van der Waals surface area contributed by atoms with Gasteiger partial charge in [-0.05, 0) is 18.2 Å². The van der Waals surface area contributed by atoms with Crippen LogP contribution in [0.2, 0.25) is 0 Å². The summed E-state index contributed by atoms with van der Waals surface area (Å²) in [5.41, 5.74) is -0.570. The molecular weight excluding hydrogens is 261 g/mol. The fourth-order valence-corrected chi connectivity index (χ4v) is 1.78. The van der Waals surface area contributed by atoms with Crippen LogP contribution in [0, 0.1) is 0 Å². The number of amides is 2. The Morgan fingerprint density at radius 3 is 2.37 bits per heavy atom. The number of rotatable bonds is 3. The molecule has 0 radical (unpaired) electrons. The molecule has 0 aromatic heterocycles. The third kappa shape index (κ3) is 3.04. The van der Waals surface area contributed by atoms with Crippen molar-refractivity contribution < 1.29 is 22.8 Å². The van der Waals surface area contributed by atoms with Crippen molar-refractivity contribution in [3.05, 3.63) is 29.8 Å². The van der Waals surface area contributed by atoms with Crippen LogP contribution in [0.4, 0.5) is 18.9 Å². The monoisotopic (exact) mass is 272 g/mol. The maximum atomic E-state index is 12.5. The summed E-state index contributed by atoms with van der Waals surface area (Å²) in [7, 11) is 0. The van der Waals surface area contributed by atoms with Crippen LogP contribution in [-0.4, -0.2) is 23.4 Å². The number of halogens is 3. The minimum atomic E-state index is -4.42. The molecule has 1 aromatic rings. The molecule has 2 amide bonds. The van der Waals surface area contributed by atoms with Gasteiger partial charge in [0.15, 0.2) is 0 Å². The molecule has 1 heterocycles. The number of benzene rings is 1. The summed E-state index contributed by atoms with van der Waals surface area (Å²) < 4.78 is 37.5. The molecular formula is C12H11F3N2O2. The van der Waals surface area contributed by atoms with Crippen molar-refractivity contribution in [2.45, 2.75) is 19.0 Å². The summed E-state index contributed by atoms with van der Waals surface area (Å²) in [6.07, 6.45) is -4.11. The van der Waals surface area contributed by atoms with Gasteiger partial charge in [0.2, 0.25) is 11.8 Å². The van der Waals surface area contributed by atoms with E-state index in [0.717, 1.165) is 17.0 Å². The third-order valence-corrected chi connectivity index (χ3v) is 2.79. The Kier molecular flexibility index (Phi) is 3.46. The summed E-state index contributed by atoms with van der Waals surface area (Å²) >= 11 is 0. The second-order valence-corrected chi connectivity index (χ2v) is 4.13. The zero-order valence-corrected chi connectivity index (χ0v) is 9.83. The van der Waals surface area contributed by atoms with Gasteiger partial charge >= 0.3 is 6.18 Å². The SMILES string of the molecule is O=C1CCC(=O)N1CNc1cccc(C(F)(F)F)c1. The predicted octanol–water partition coefficient (Wildman–Crippen LogP) is 2.22. The molecule has 1 N–H and O–H groups in total. The van der Waals surface area contributed by atoms with Gasteiger partial charge in [0.05, 0.1) is 12.2 Å². The first-order chi connectivity index (χ1) is 8.88. The minimum absolute atomic E-state index is 0.112. The molecule has 1 saturated heterocycles. The fourth-order valence-electron chi connectivity index (χ4n) is 1.78. The van der Waals surface area contributed by atoms with Crippen molar-refractivity contribution in [1.82, 2.24) is 4.90 Å². The standard InChI is InChI=1S/C12H11F3N2O2/c13-12(14,15)8-2-1-3-9(6-8)16-7-17-10(18)4-5-11(17)19/h1-3,6,16H,4-5,7H2. The maximum Gasteiger partial charge on any atom is 0.416 e. The van der Waals surface area contributed by atoms with Gasteiger partial charge in [0, 0.05) is 18.5 Å². The number of anilines is 1. The molecule has 0 unspecified atom stereocenters. The minimum Gasteiger partial charge on any atom is -0.367 e. The molecule has 4 nitrogen and oxygen atoms in total. The van der Waals surface area contributed by atoms with Gasteiger partial charge in [-0.1, -0.05) is 6.07 Å². The molecule has 1 fully saturated rings. The van der Waals surface area contributed by atoms with Crippen molar-refractivity contribution in [2.75, 3.05) is 12.0 Å². The highest BCUT2D eigenvalue weighted by atomic mass is 19.4. The second-order valence-electron chi connectivity index (χ2n) is 4.13. The van der Waals surface area contributed by atoms with E-state index < -0.39 is 11.7 Å². The van der Waals surface area contributed by atoms with Gasteiger partial charge in [-0.2, -0.15) is 13.2 Å². The lowest BCUT2D eigenvalue weighted by Gasteiger charge is -2.16. The fraction of sp³-hybridized carbons (Fsp3) is 0.333. The third-order valence-electron chi connectivity index (χ3n) is 2.79. The van der Waals surface area contributed by atoms with E-state index >= 15 is 0 Å². The van der Waals surface area contributed by atoms with Gasteiger partial charge in [-0.15, -0.1) is 0 Å². The quantitative estimate of drug-likeness (QED) is 0.858. The van der Waals surface area contributed by atoms with Gasteiger partial charge in [-0.3, -0.25) is 14.5 Å². The molecule has 1 aromatic carbocycles. The lowest BCUT2D eigenvalue weighted by molar-refractivity contribution is -0.139. The van der Waals surface area contributed by atoms with Crippen LogP contribution in [0.3, 0.4) is 0 Å². The molecule has 0 spiro atoms. The number of alkyl halides is 3. The van der Waals surface area contributed by atoms with Crippen LogP contribution < -0.4 is 5.32 Å². The second kappa shape index (κ2) is 4.91. The van der Waals surface area contributed by atoms with E-state index in [9.17, 15) is 22.8 Å². The molecule has 7 heteroatoms. The summed E-state index contributed by atoms with van der Waals surface area (Å²) in [5.74, 6) is -0.631. The Bertz CT molecular complexity index is 498. The smallest absolute Gasteiger partial charge is 0.367 e. The van der Waals surface area contributed by atoms with Crippen molar-refractivity contribution in [3.8, 4) is 0 Å². The van der Waals surface area contributed by atoms with Crippen LogP contribution >= 0.6 is 0 Å². The Hall–Kier alpha value is -2.05. The number of hydrogen-bond acceptors (Lipinski definition) is 3. The van der Waals surface area contributed by atoms with Gasteiger partial charge in [0.25, 0.3) is 0 Å². The molecule has 0 atom stereocenters. The molecule has 19 heavy (non-hydrogen) atoms. The lowest BCUT2D eigenvalue weighted by Crippen LogP contribution is -2.33. The average Bonchev–Trinajstić information content (AvgIpc) is 2.66. The topological polar surface area (TPSA) is 49.4 Å². The number of nitrogens with one attached hydrogen (secondary N) is 1. The summed E-state index contributed by atoms with van der Waals surface area (Å²) in [6.45, 7) is -0.112. The summed E-state index contributed by atoms with van der Waals surface area (Å²) in [4.78, 5) is 23.6. The van der Waals surface area contributed by atoms with Crippen molar-refractivity contribution in [1.29, 1.82) is 0 Å². The number of imide groups is 1. The number of likely N-dealkylation sites (tertiary alicyclic amines) is 1. The average molecular weight is 272 g/mol. The highest BCUT2D eigenvalue weighted by molar-refractivity contribution is 6.02. The van der Waals surface area contributed by atoms with Crippen molar-refractivity contribution >= 4 is 17.5 Å². The number of carbonyl (C=O) groups excluding carboxylic acids is 2. The molecule has 1 aliphatic rings. The Morgan fingerprint density at radius 2 is 1.79 bits per heavy atom. The van der Waals surface area contributed by atoms with Gasteiger partial charge < -0.3 is 5.32 Å². The predicted molar refractivity (Wildman–Crippen MR) is 61.0 cm³/mol. The van der Waals surface area contributed by atoms with Gasteiger partial charge in [0.1, 0.15) is 0 Å². The van der Waals surface area contributed by atoms with Gasteiger partial charge in [-0.25, -0.2) is 0 Å². The van der Waals surface area contributed by atoms with Crippen LogP contribution in [0.5, 0.6) is 0 Å². The molecule has 0 bridgehead atoms. The van der Waals surface area contributed by atoms with E-state index in [1.54, 1.807) is 0 Å². The van der Waals surface area contributed by atoms with Crippen LogP contribution in [0.15, 0.2) is 24.3 Å².